The van der Waals surface area contributed by atoms with Crippen LogP contribution in [-0.2, 0) is 20.7 Å². The van der Waals surface area contributed by atoms with Crippen molar-refractivity contribution in [3.05, 3.63) is 47.8 Å². The van der Waals surface area contributed by atoms with E-state index in [2.05, 4.69) is 5.10 Å². The van der Waals surface area contributed by atoms with Gasteiger partial charge in [-0.3, -0.25) is 4.18 Å². The smallest absolute Gasteiger partial charge is 0.264 e. The molecule has 2 rings (SSSR count). The molecule has 1 aromatic carbocycles. The fraction of sp³-hybridized carbons (Fsp3) is 0.308. The van der Waals surface area contributed by atoms with Crippen molar-refractivity contribution in [1.82, 2.24) is 9.78 Å². The quantitative estimate of drug-likeness (QED) is 0.782. The molecular weight excluding hydrogens is 264 g/mol. The monoisotopic (exact) mass is 280 g/mol. The minimum atomic E-state index is -3.37. The Morgan fingerprint density at radius 2 is 2.05 bits per heavy atom. The highest BCUT2D eigenvalue weighted by molar-refractivity contribution is 7.85. The maximum atomic E-state index is 10.8. The molecular formula is C13H16N2O3S. The van der Waals surface area contributed by atoms with Crippen LogP contribution in [-0.4, -0.2) is 31.1 Å². The van der Waals surface area contributed by atoms with Gasteiger partial charge in [-0.15, -0.1) is 0 Å². The van der Waals surface area contributed by atoms with E-state index in [-0.39, 0.29) is 6.61 Å². The number of aryl methyl sites for hydroxylation is 1. The number of rotatable bonds is 5. The van der Waals surface area contributed by atoms with Crippen LogP contribution in [0.4, 0.5) is 0 Å². The van der Waals surface area contributed by atoms with E-state index in [4.69, 9.17) is 4.18 Å². The topological polar surface area (TPSA) is 61.2 Å². The molecule has 0 bridgehead atoms. The van der Waals surface area contributed by atoms with Crippen molar-refractivity contribution >= 4 is 10.1 Å². The molecule has 102 valence electrons. The van der Waals surface area contributed by atoms with Crippen LogP contribution in [0.5, 0.6) is 0 Å². The van der Waals surface area contributed by atoms with E-state index in [1.807, 2.05) is 37.4 Å². The number of para-hydroxylation sites is 1. The number of hydrogen-bond donors (Lipinski definition) is 0. The van der Waals surface area contributed by atoms with Gasteiger partial charge in [0.1, 0.15) is 0 Å². The first-order chi connectivity index (χ1) is 8.96. The lowest BCUT2D eigenvalue weighted by Gasteiger charge is -2.04. The Labute approximate surface area is 113 Å². The van der Waals surface area contributed by atoms with E-state index in [0.717, 1.165) is 23.1 Å². The van der Waals surface area contributed by atoms with Gasteiger partial charge in [-0.2, -0.15) is 13.5 Å². The molecule has 1 aromatic heterocycles. The zero-order valence-electron chi connectivity index (χ0n) is 10.9. The number of nitrogens with zero attached hydrogens (tertiary/aromatic N) is 2. The molecule has 19 heavy (non-hydrogen) atoms. The van der Waals surface area contributed by atoms with Gasteiger partial charge < -0.3 is 0 Å². The molecule has 0 radical (unpaired) electrons. The second kappa shape index (κ2) is 5.54. The molecule has 0 spiro atoms. The van der Waals surface area contributed by atoms with Crippen molar-refractivity contribution in [2.75, 3.05) is 12.9 Å². The zero-order valence-corrected chi connectivity index (χ0v) is 11.7. The Morgan fingerprint density at radius 3 is 2.74 bits per heavy atom. The summed E-state index contributed by atoms with van der Waals surface area (Å²) in [5.41, 5.74) is 3.08. The standard InChI is InChI=1S/C13H16N2O3S/c1-11-5-3-4-6-13(11)15-10-12(9-14-15)7-8-18-19(2,16)17/h3-6,9-10H,7-8H2,1-2H3. The average Bonchev–Trinajstić information content (AvgIpc) is 2.76. The van der Waals surface area contributed by atoms with Crippen molar-refractivity contribution in [1.29, 1.82) is 0 Å². The summed E-state index contributed by atoms with van der Waals surface area (Å²) in [4.78, 5) is 0. The van der Waals surface area contributed by atoms with Crippen LogP contribution in [0.3, 0.4) is 0 Å². The summed E-state index contributed by atoms with van der Waals surface area (Å²) in [7, 11) is -3.37. The summed E-state index contributed by atoms with van der Waals surface area (Å²) in [6.07, 6.45) is 5.16. The Balaban J connectivity index is 2.06. The van der Waals surface area contributed by atoms with Crippen molar-refractivity contribution in [3.63, 3.8) is 0 Å². The summed E-state index contributed by atoms with van der Waals surface area (Å²) >= 11 is 0. The first-order valence-electron chi connectivity index (χ1n) is 5.90. The molecule has 0 aliphatic heterocycles. The minimum absolute atomic E-state index is 0.137. The largest absolute Gasteiger partial charge is 0.270 e. The summed E-state index contributed by atoms with van der Waals surface area (Å²) in [5.74, 6) is 0. The summed E-state index contributed by atoms with van der Waals surface area (Å²) in [6, 6.07) is 7.93. The number of aromatic nitrogens is 2. The van der Waals surface area contributed by atoms with E-state index in [1.165, 1.54) is 0 Å². The average molecular weight is 280 g/mol. The molecule has 0 amide bonds. The summed E-state index contributed by atoms with van der Waals surface area (Å²) < 4.78 is 28.2. The van der Waals surface area contributed by atoms with Gasteiger partial charge in [0, 0.05) is 12.6 Å². The van der Waals surface area contributed by atoms with Gasteiger partial charge in [-0.1, -0.05) is 18.2 Å². The minimum Gasteiger partial charge on any atom is -0.270 e. The fourth-order valence-electron chi connectivity index (χ4n) is 1.75. The molecule has 1 heterocycles. The van der Waals surface area contributed by atoms with Crippen LogP contribution in [0.15, 0.2) is 36.7 Å². The molecule has 6 heteroatoms. The molecule has 0 atom stereocenters. The second-order valence-corrected chi connectivity index (χ2v) is 6.00. The first kappa shape index (κ1) is 13.8. The molecule has 0 unspecified atom stereocenters. The van der Waals surface area contributed by atoms with Gasteiger partial charge in [0.05, 0.1) is 24.7 Å². The molecule has 2 aromatic rings. The van der Waals surface area contributed by atoms with E-state index < -0.39 is 10.1 Å². The lowest BCUT2D eigenvalue weighted by Crippen LogP contribution is -2.05. The third-order valence-electron chi connectivity index (χ3n) is 2.69. The highest BCUT2D eigenvalue weighted by Gasteiger charge is 2.05. The van der Waals surface area contributed by atoms with Gasteiger partial charge in [-0.05, 0) is 24.1 Å². The zero-order chi connectivity index (χ0) is 13.9. The molecule has 0 saturated carbocycles. The number of hydrogen-bond acceptors (Lipinski definition) is 4. The Kier molecular flexibility index (Phi) is 4.01. The molecule has 0 fully saturated rings. The maximum Gasteiger partial charge on any atom is 0.264 e. The third-order valence-corrected chi connectivity index (χ3v) is 3.28. The van der Waals surface area contributed by atoms with E-state index in [1.54, 1.807) is 10.9 Å². The summed E-state index contributed by atoms with van der Waals surface area (Å²) in [6.45, 7) is 2.15. The molecule has 0 aliphatic carbocycles. The van der Waals surface area contributed by atoms with Gasteiger partial charge in [-0.25, -0.2) is 4.68 Å². The predicted molar refractivity (Wildman–Crippen MR) is 72.8 cm³/mol. The normalized spacial score (nSPS) is 11.7. The molecule has 0 N–H and O–H groups in total. The fourth-order valence-corrected chi connectivity index (χ4v) is 2.14. The van der Waals surface area contributed by atoms with E-state index in [0.29, 0.717) is 6.42 Å². The van der Waals surface area contributed by atoms with Gasteiger partial charge in [0.15, 0.2) is 0 Å². The van der Waals surface area contributed by atoms with Crippen LogP contribution < -0.4 is 0 Å². The van der Waals surface area contributed by atoms with Crippen molar-refractivity contribution in [3.8, 4) is 5.69 Å². The second-order valence-electron chi connectivity index (χ2n) is 4.36. The van der Waals surface area contributed by atoms with Crippen molar-refractivity contribution in [2.45, 2.75) is 13.3 Å². The highest BCUT2D eigenvalue weighted by atomic mass is 32.2. The van der Waals surface area contributed by atoms with Gasteiger partial charge in [0.2, 0.25) is 0 Å². The Bertz CT molecular complexity index is 662. The SMILES string of the molecule is Cc1ccccc1-n1cc(CCOS(C)(=O)=O)cn1. The summed E-state index contributed by atoms with van der Waals surface area (Å²) in [5, 5.41) is 4.27. The third kappa shape index (κ3) is 3.90. The Hall–Kier alpha value is -1.66. The molecule has 5 nitrogen and oxygen atoms in total. The van der Waals surface area contributed by atoms with Crippen molar-refractivity contribution < 1.29 is 12.6 Å². The van der Waals surface area contributed by atoms with Crippen LogP contribution in [0, 0.1) is 6.92 Å². The first-order valence-corrected chi connectivity index (χ1v) is 7.71. The van der Waals surface area contributed by atoms with Crippen molar-refractivity contribution in [2.24, 2.45) is 0 Å². The highest BCUT2D eigenvalue weighted by Crippen LogP contribution is 2.13. The molecule has 0 saturated heterocycles. The lowest BCUT2D eigenvalue weighted by molar-refractivity contribution is 0.326. The van der Waals surface area contributed by atoms with Crippen LogP contribution in [0.1, 0.15) is 11.1 Å². The molecule has 0 aliphatic rings. The van der Waals surface area contributed by atoms with Crippen LogP contribution in [0.2, 0.25) is 0 Å². The number of benzene rings is 1. The van der Waals surface area contributed by atoms with Crippen LogP contribution in [0.25, 0.3) is 5.69 Å². The van der Waals surface area contributed by atoms with E-state index >= 15 is 0 Å². The maximum absolute atomic E-state index is 10.8. The predicted octanol–water partition coefficient (Wildman–Crippen LogP) is 1.70. The van der Waals surface area contributed by atoms with E-state index in [9.17, 15) is 8.42 Å². The lowest BCUT2D eigenvalue weighted by atomic mass is 10.2. The van der Waals surface area contributed by atoms with Crippen LogP contribution >= 0.6 is 0 Å². The Morgan fingerprint density at radius 1 is 1.32 bits per heavy atom. The van der Waals surface area contributed by atoms with Gasteiger partial charge >= 0.3 is 0 Å². The van der Waals surface area contributed by atoms with Gasteiger partial charge in [0.25, 0.3) is 10.1 Å².